The van der Waals surface area contributed by atoms with Crippen molar-refractivity contribution in [2.75, 3.05) is 26.3 Å². The molecular formula is C22H42N2O4. The highest BCUT2D eigenvalue weighted by Gasteiger charge is 2.23. The number of aliphatic hydroxyl groups is 2. The Kier molecular flexibility index (Phi) is 18.0. The molecule has 0 saturated heterocycles. The molecule has 0 heterocycles. The predicted octanol–water partition coefficient (Wildman–Crippen LogP) is 3.16. The van der Waals surface area contributed by atoms with E-state index in [4.69, 9.17) is 15.9 Å². The van der Waals surface area contributed by atoms with Crippen molar-refractivity contribution in [2.45, 2.75) is 84.0 Å². The molecule has 2 amide bonds. The molecule has 0 aromatic rings. The topological polar surface area (TPSA) is 104 Å². The first-order chi connectivity index (χ1) is 13.6. The van der Waals surface area contributed by atoms with E-state index in [9.17, 15) is 9.59 Å². The number of rotatable bonds is 19. The molecule has 28 heavy (non-hydrogen) atoms. The Bertz CT molecular complexity index is 419. The summed E-state index contributed by atoms with van der Waals surface area (Å²) in [5, 5.41) is 18.1. The predicted molar refractivity (Wildman–Crippen MR) is 114 cm³/mol. The number of unbranched alkanes of at least 4 members (excludes halogenated alkanes) is 8. The van der Waals surface area contributed by atoms with E-state index in [-0.39, 0.29) is 25.5 Å². The van der Waals surface area contributed by atoms with Crippen LogP contribution in [0.5, 0.6) is 0 Å². The van der Waals surface area contributed by atoms with Crippen LogP contribution in [-0.4, -0.2) is 53.2 Å². The highest BCUT2D eigenvalue weighted by atomic mass is 16.3. The Hall–Kier alpha value is -1.40. The smallest absolute Gasteiger partial charge is 0.230 e. The summed E-state index contributed by atoms with van der Waals surface area (Å²) >= 11 is 0. The van der Waals surface area contributed by atoms with E-state index in [0.29, 0.717) is 25.9 Å². The van der Waals surface area contributed by atoms with Gasteiger partial charge in [-0.1, -0.05) is 64.0 Å². The number of carbonyl (C=O) groups excluding carboxylic acids is 2. The van der Waals surface area contributed by atoms with Crippen LogP contribution >= 0.6 is 0 Å². The van der Waals surface area contributed by atoms with Crippen LogP contribution < -0.4 is 5.73 Å². The highest BCUT2D eigenvalue weighted by molar-refractivity contribution is 5.86. The van der Waals surface area contributed by atoms with E-state index in [1.807, 2.05) is 6.08 Å². The number of nitrogens with zero attached hydrogens (tertiary/aromatic N) is 1. The van der Waals surface area contributed by atoms with Gasteiger partial charge >= 0.3 is 0 Å². The lowest BCUT2D eigenvalue weighted by Gasteiger charge is -2.25. The average molecular weight is 399 g/mol. The molecule has 0 bridgehead atoms. The summed E-state index contributed by atoms with van der Waals surface area (Å²) in [5.74, 6) is -1.23. The van der Waals surface area contributed by atoms with Gasteiger partial charge in [0.2, 0.25) is 11.8 Å². The fraction of sp³-hybridized carbons (Fsp3) is 0.818. The minimum absolute atomic E-state index is 0.00231. The van der Waals surface area contributed by atoms with E-state index >= 15 is 0 Å². The lowest BCUT2D eigenvalue weighted by molar-refractivity contribution is -0.136. The zero-order valence-electron chi connectivity index (χ0n) is 17.8. The van der Waals surface area contributed by atoms with Gasteiger partial charge in [0.05, 0.1) is 5.92 Å². The quantitative estimate of drug-likeness (QED) is 0.230. The lowest BCUT2D eigenvalue weighted by Crippen LogP contribution is -2.39. The van der Waals surface area contributed by atoms with Crippen LogP contribution in [0.4, 0.5) is 0 Å². The van der Waals surface area contributed by atoms with Crippen molar-refractivity contribution < 1.29 is 19.8 Å². The molecule has 0 spiro atoms. The third-order valence-corrected chi connectivity index (χ3v) is 4.81. The van der Waals surface area contributed by atoms with Crippen molar-refractivity contribution in [2.24, 2.45) is 11.7 Å². The summed E-state index contributed by atoms with van der Waals surface area (Å²) in [6.45, 7) is 3.04. The van der Waals surface area contributed by atoms with Crippen LogP contribution in [0.15, 0.2) is 12.2 Å². The number of carbonyl (C=O) groups is 2. The number of nitrogens with two attached hydrogens (primary N) is 1. The fourth-order valence-corrected chi connectivity index (χ4v) is 3.20. The zero-order valence-corrected chi connectivity index (χ0v) is 17.8. The Labute approximate surface area is 171 Å². The van der Waals surface area contributed by atoms with Gasteiger partial charge < -0.3 is 20.8 Å². The summed E-state index contributed by atoms with van der Waals surface area (Å²) in [5.41, 5.74) is 5.33. The van der Waals surface area contributed by atoms with Crippen molar-refractivity contribution in [3.63, 3.8) is 0 Å². The SMILES string of the molecule is CCCCCCCCCCC=CC(CC(N)=O)C(=O)N(CCCO)CCCO. The van der Waals surface area contributed by atoms with Gasteiger partial charge in [0.25, 0.3) is 0 Å². The first-order valence-corrected chi connectivity index (χ1v) is 11.0. The lowest BCUT2D eigenvalue weighted by atomic mass is 10.0. The van der Waals surface area contributed by atoms with Gasteiger partial charge in [-0.25, -0.2) is 0 Å². The Morgan fingerprint density at radius 1 is 0.893 bits per heavy atom. The van der Waals surface area contributed by atoms with Crippen LogP contribution in [0.2, 0.25) is 0 Å². The number of hydrogen-bond donors (Lipinski definition) is 3. The third-order valence-electron chi connectivity index (χ3n) is 4.81. The van der Waals surface area contributed by atoms with Crippen molar-refractivity contribution in [1.29, 1.82) is 0 Å². The fourth-order valence-electron chi connectivity index (χ4n) is 3.20. The standard InChI is InChI=1S/C22H42N2O4/c1-2-3-4-5-6-7-8-9-10-11-14-20(19-21(23)27)22(28)24(15-12-17-25)16-13-18-26/h11,14,20,25-26H,2-10,12-13,15-19H2,1H3,(H2,23,27). The van der Waals surface area contributed by atoms with Crippen molar-refractivity contribution in [3.05, 3.63) is 12.2 Å². The normalized spacial score (nSPS) is 12.4. The zero-order chi connectivity index (χ0) is 21.0. The summed E-state index contributed by atoms with van der Waals surface area (Å²) in [7, 11) is 0. The van der Waals surface area contributed by atoms with Crippen molar-refractivity contribution >= 4 is 11.8 Å². The Morgan fingerprint density at radius 3 is 1.93 bits per heavy atom. The molecule has 0 saturated carbocycles. The average Bonchev–Trinajstić information content (AvgIpc) is 2.68. The molecule has 0 aliphatic carbocycles. The molecule has 0 aliphatic rings. The molecule has 4 N–H and O–H groups in total. The maximum Gasteiger partial charge on any atom is 0.230 e. The van der Waals surface area contributed by atoms with Gasteiger partial charge in [-0.3, -0.25) is 9.59 Å². The Morgan fingerprint density at radius 2 is 1.43 bits per heavy atom. The molecule has 0 fully saturated rings. The van der Waals surface area contributed by atoms with Crippen LogP contribution in [0, 0.1) is 5.92 Å². The van der Waals surface area contributed by atoms with Gasteiger partial charge in [0, 0.05) is 32.7 Å². The number of allylic oxidation sites excluding steroid dienone is 1. The van der Waals surface area contributed by atoms with E-state index < -0.39 is 11.8 Å². The van der Waals surface area contributed by atoms with E-state index in [0.717, 1.165) is 12.8 Å². The van der Waals surface area contributed by atoms with Gasteiger partial charge in [-0.15, -0.1) is 0 Å². The van der Waals surface area contributed by atoms with E-state index in [1.54, 1.807) is 11.0 Å². The maximum absolute atomic E-state index is 12.8. The second-order valence-corrected chi connectivity index (χ2v) is 7.45. The molecule has 6 nitrogen and oxygen atoms in total. The molecule has 0 rings (SSSR count). The van der Waals surface area contributed by atoms with Gasteiger partial charge in [-0.05, 0) is 25.7 Å². The first kappa shape index (κ1) is 26.6. The second kappa shape index (κ2) is 18.9. The van der Waals surface area contributed by atoms with Gasteiger partial charge in [0.15, 0.2) is 0 Å². The number of amides is 2. The maximum atomic E-state index is 12.8. The second-order valence-electron chi connectivity index (χ2n) is 7.45. The molecule has 1 atom stereocenters. The van der Waals surface area contributed by atoms with Crippen LogP contribution in [-0.2, 0) is 9.59 Å². The number of hydrogen-bond acceptors (Lipinski definition) is 4. The molecule has 6 heteroatoms. The minimum atomic E-state index is -0.566. The minimum Gasteiger partial charge on any atom is -0.396 e. The van der Waals surface area contributed by atoms with Crippen LogP contribution in [0.1, 0.15) is 84.0 Å². The highest BCUT2D eigenvalue weighted by Crippen LogP contribution is 2.14. The molecule has 0 radical (unpaired) electrons. The first-order valence-electron chi connectivity index (χ1n) is 11.0. The summed E-state index contributed by atoms with van der Waals surface area (Å²) in [6, 6.07) is 0. The van der Waals surface area contributed by atoms with Gasteiger partial charge in [-0.2, -0.15) is 0 Å². The van der Waals surface area contributed by atoms with E-state index in [1.165, 1.54) is 44.9 Å². The number of aliphatic hydroxyl groups excluding tert-OH is 2. The largest absolute Gasteiger partial charge is 0.396 e. The van der Waals surface area contributed by atoms with E-state index in [2.05, 4.69) is 6.92 Å². The van der Waals surface area contributed by atoms with Crippen molar-refractivity contribution in [1.82, 2.24) is 4.90 Å². The monoisotopic (exact) mass is 398 g/mol. The van der Waals surface area contributed by atoms with Crippen molar-refractivity contribution in [3.8, 4) is 0 Å². The van der Waals surface area contributed by atoms with Crippen LogP contribution in [0.25, 0.3) is 0 Å². The molecule has 0 aliphatic heterocycles. The molecule has 1 unspecified atom stereocenters. The number of primary amides is 1. The molecular weight excluding hydrogens is 356 g/mol. The van der Waals surface area contributed by atoms with Crippen LogP contribution in [0.3, 0.4) is 0 Å². The Balaban J connectivity index is 4.43. The summed E-state index contributed by atoms with van der Waals surface area (Å²) in [4.78, 5) is 25.8. The molecule has 0 aromatic heterocycles. The summed E-state index contributed by atoms with van der Waals surface area (Å²) < 4.78 is 0. The summed E-state index contributed by atoms with van der Waals surface area (Å²) in [6.07, 6.45) is 15.7. The van der Waals surface area contributed by atoms with Gasteiger partial charge in [0.1, 0.15) is 0 Å². The molecule has 0 aromatic carbocycles. The third kappa shape index (κ3) is 14.6. The molecule has 164 valence electrons.